The van der Waals surface area contributed by atoms with Gasteiger partial charge in [-0.1, -0.05) is 0 Å². The molecule has 0 aromatic heterocycles. The van der Waals surface area contributed by atoms with Crippen LogP contribution in [-0.2, 0) is 6.61 Å². The predicted octanol–water partition coefficient (Wildman–Crippen LogP) is 4.71. The van der Waals surface area contributed by atoms with Gasteiger partial charge in [-0.25, -0.2) is 5.43 Å². The second-order valence-corrected chi connectivity index (χ2v) is 7.18. The van der Waals surface area contributed by atoms with Gasteiger partial charge in [-0.3, -0.25) is 14.9 Å². The SMILES string of the molecule is COc1ccc(C(=O)N/N=C\c2ccc(OCc3ccc([N+](=O)[O-])cc3)c(Br)c2)cc1. The van der Waals surface area contributed by atoms with E-state index < -0.39 is 4.92 Å². The molecule has 0 unspecified atom stereocenters. The number of hydrogen-bond acceptors (Lipinski definition) is 6. The molecule has 9 heteroatoms. The second kappa shape index (κ2) is 10.4. The highest BCUT2D eigenvalue weighted by Gasteiger charge is 2.07. The Hall–Kier alpha value is -3.72. The largest absolute Gasteiger partial charge is 0.497 e. The summed E-state index contributed by atoms with van der Waals surface area (Å²) >= 11 is 3.45. The Morgan fingerprint density at radius 2 is 1.84 bits per heavy atom. The highest BCUT2D eigenvalue weighted by molar-refractivity contribution is 9.10. The second-order valence-electron chi connectivity index (χ2n) is 6.33. The fraction of sp³-hybridized carbons (Fsp3) is 0.0909. The zero-order chi connectivity index (χ0) is 22.2. The molecule has 0 aliphatic rings. The molecular weight excluding hydrogens is 466 g/mol. The van der Waals surface area contributed by atoms with Crippen LogP contribution in [0.4, 0.5) is 5.69 Å². The predicted molar refractivity (Wildman–Crippen MR) is 120 cm³/mol. The number of amides is 1. The first kappa shape index (κ1) is 22.0. The van der Waals surface area contributed by atoms with E-state index in [1.165, 1.54) is 18.3 Å². The minimum atomic E-state index is -0.444. The van der Waals surface area contributed by atoms with Crippen LogP contribution in [0.2, 0.25) is 0 Å². The molecule has 1 amide bonds. The summed E-state index contributed by atoms with van der Waals surface area (Å²) in [4.78, 5) is 22.4. The zero-order valence-electron chi connectivity index (χ0n) is 16.4. The molecule has 0 aliphatic carbocycles. The molecule has 0 atom stereocenters. The smallest absolute Gasteiger partial charge is 0.271 e. The van der Waals surface area contributed by atoms with E-state index in [1.54, 1.807) is 61.7 Å². The summed E-state index contributed by atoms with van der Waals surface area (Å²) in [5.74, 6) is 0.944. The van der Waals surface area contributed by atoms with E-state index in [0.717, 1.165) is 11.1 Å². The Labute approximate surface area is 186 Å². The van der Waals surface area contributed by atoms with Gasteiger partial charge >= 0.3 is 0 Å². The van der Waals surface area contributed by atoms with Crippen LogP contribution in [0.3, 0.4) is 0 Å². The van der Waals surface area contributed by atoms with Gasteiger partial charge in [0.05, 0.1) is 22.7 Å². The molecule has 3 aromatic rings. The monoisotopic (exact) mass is 483 g/mol. The van der Waals surface area contributed by atoms with Gasteiger partial charge in [-0.15, -0.1) is 0 Å². The number of halogens is 1. The third-order valence-electron chi connectivity index (χ3n) is 4.23. The summed E-state index contributed by atoms with van der Waals surface area (Å²) in [5, 5.41) is 14.7. The number of nitro benzene ring substituents is 1. The van der Waals surface area contributed by atoms with E-state index >= 15 is 0 Å². The molecule has 0 bridgehead atoms. The summed E-state index contributed by atoms with van der Waals surface area (Å²) in [6, 6.07) is 18.2. The summed E-state index contributed by atoms with van der Waals surface area (Å²) in [7, 11) is 1.56. The lowest BCUT2D eigenvalue weighted by Gasteiger charge is -2.09. The van der Waals surface area contributed by atoms with Crippen molar-refractivity contribution in [1.29, 1.82) is 0 Å². The maximum absolute atomic E-state index is 12.1. The molecule has 0 fully saturated rings. The van der Waals surface area contributed by atoms with Crippen molar-refractivity contribution in [3.8, 4) is 11.5 Å². The quantitative estimate of drug-likeness (QED) is 0.284. The molecule has 3 rings (SSSR count). The topological polar surface area (TPSA) is 103 Å². The number of benzene rings is 3. The maximum Gasteiger partial charge on any atom is 0.271 e. The number of nitrogens with zero attached hydrogens (tertiary/aromatic N) is 2. The zero-order valence-corrected chi connectivity index (χ0v) is 18.0. The average Bonchev–Trinajstić information content (AvgIpc) is 2.78. The van der Waals surface area contributed by atoms with E-state index in [2.05, 4.69) is 26.5 Å². The Morgan fingerprint density at radius 3 is 2.45 bits per heavy atom. The van der Waals surface area contributed by atoms with E-state index in [4.69, 9.17) is 9.47 Å². The number of nitro groups is 1. The Morgan fingerprint density at radius 1 is 1.13 bits per heavy atom. The molecule has 8 nitrogen and oxygen atoms in total. The van der Waals surface area contributed by atoms with Crippen molar-refractivity contribution in [2.75, 3.05) is 7.11 Å². The van der Waals surface area contributed by atoms with E-state index in [9.17, 15) is 14.9 Å². The number of hydrazone groups is 1. The van der Waals surface area contributed by atoms with Gasteiger partial charge in [0.25, 0.3) is 11.6 Å². The number of hydrogen-bond donors (Lipinski definition) is 1. The molecule has 31 heavy (non-hydrogen) atoms. The average molecular weight is 484 g/mol. The number of ether oxygens (including phenoxy) is 2. The summed E-state index contributed by atoms with van der Waals surface area (Å²) in [6.45, 7) is 0.266. The van der Waals surface area contributed by atoms with Crippen LogP contribution in [0.1, 0.15) is 21.5 Å². The number of carbonyl (C=O) groups excluding carboxylic acids is 1. The van der Waals surface area contributed by atoms with E-state index in [-0.39, 0.29) is 18.2 Å². The number of carbonyl (C=O) groups is 1. The van der Waals surface area contributed by atoms with Gasteiger partial charge in [0.1, 0.15) is 18.1 Å². The van der Waals surface area contributed by atoms with Crippen molar-refractivity contribution in [3.05, 3.63) is 98.0 Å². The maximum atomic E-state index is 12.1. The van der Waals surface area contributed by atoms with Crippen molar-refractivity contribution >= 4 is 33.7 Å². The highest BCUT2D eigenvalue weighted by Crippen LogP contribution is 2.26. The van der Waals surface area contributed by atoms with Crippen LogP contribution in [-0.4, -0.2) is 24.2 Å². The van der Waals surface area contributed by atoms with Crippen molar-refractivity contribution in [1.82, 2.24) is 5.43 Å². The number of non-ortho nitro benzene ring substituents is 1. The molecular formula is C22H18BrN3O5. The van der Waals surface area contributed by atoms with Crippen molar-refractivity contribution < 1.29 is 19.2 Å². The van der Waals surface area contributed by atoms with Crippen molar-refractivity contribution in [3.63, 3.8) is 0 Å². The lowest BCUT2D eigenvalue weighted by Crippen LogP contribution is -2.17. The molecule has 0 radical (unpaired) electrons. The summed E-state index contributed by atoms with van der Waals surface area (Å²) < 4.78 is 11.5. The number of nitrogens with one attached hydrogen (secondary N) is 1. The van der Waals surface area contributed by atoms with Crippen LogP contribution in [0.5, 0.6) is 11.5 Å². The molecule has 3 aromatic carbocycles. The molecule has 0 saturated heterocycles. The van der Waals surface area contributed by atoms with Crippen LogP contribution in [0.15, 0.2) is 76.3 Å². The van der Waals surface area contributed by atoms with Crippen LogP contribution in [0.25, 0.3) is 0 Å². The molecule has 0 aliphatic heterocycles. The van der Waals surface area contributed by atoms with Crippen LogP contribution in [0, 0.1) is 10.1 Å². The third-order valence-corrected chi connectivity index (χ3v) is 4.85. The molecule has 0 heterocycles. The fourth-order valence-corrected chi connectivity index (χ4v) is 3.07. The Kier molecular flexibility index (Phi) is 7.34. The van der Waals surface area contributed by atoms with E-state index in [0.29, 0.717) is 21.5 Å². The van der Waals surface area contributed by atoms with Crippen molar-refractivity contribution in [2.24, 2.45) is 5.10 Å². The van der Waals surface area contributed by atoms with Crippen molar-refractivity contribution in [2.45, 2.75) is 6.61 Å². The lowest BCUT2D eigenvalue weighted by molar-refractivity contribution is -0.384. The van der Waals surface area contributed by atoms with Gasteiger partial charge in [0.2, 0.25) is 0 Å². The molecule has 1 N–H and O–H groups in total. The summed E-state index contributed by atoms with van der Waals surface area (Å²) in [6.07, 6.45) is 1.52. The standard InChI is InChI=1S/C22H18BrN3O5/c1-30-19-9-5-17(6-10-19)22(27)25-24-13-16-4-11-21(20(23)12-16)31-14-15-2-7-18(8-3-15)26(28)29/h2-13H,14H2,1H3,(H,25,27)/b24-13-. The molecule has 0 saturated carbocycles. The third kappa shape index (κ3) is 6.13. The molecule has 0 spiro atoms. The van der Waals surface area contributed by atoms with E-state index in [1.807, 2.05) is 0 Å². The number of methoxy groups -OCH3 is 1. The van der Waals surface area contributed by atoms with Crippen LogP contribution >= 0.6 is 15.9 Å². The van der Waals surface area contributed by atoms with Gasteiger partial charge < -0.3 is 9.47 Å². The minimum Gasteiger partial charge on any atom is -0.497 e. The lowest BCUT2D eigenvalue weighted by atomic mass is 10.2. The van der Waals surface area contributed by atoms with Gasteiger partial charge in [0.15, 0.2) is 0 Å². The first-order chi connectivity index (χ1) is 15.0. The van der Waals surface area contributed by atoms with Gasteiger partial charge in [-0.2, -0.15) is 5.10 Å². The van der Waals surface area contributed by atoms with Gasteiger partial charge in [0, 0.05) is 17.7 Å². The Bertz CT molecular complexity index is 1100. The Balaban J connectivity index is 1.55. The van der Waals surface area contributed by atoms with Crippen LogP contribution < -0.4 is 14.9 Å². The first-order valence-electron chi connectivity index (χ1n) is 9.09. The number of rotatable bonds is 8. The van der Waals surface area contributed by atoms with Gasteiger partial charge in [-0.05, 0) is 81.7 Å². The minimum absolute atomic E-state index is 0.0349. The highest BCUT2D eigenvalue weighted by atomic mass is 79.9. The first-order valence-corrected chi connectivity index (χ1v) is 9.88. The summed E-state index contributed by atoms with van der Waals surface area (Å²) in [5.41, 5.74) is 4.54. The fourth-order valence-electron chi connectivity index (χ4n) is 2.56. The normalized spacial score (nSPS) is 10.6. The molecule has 158 valence electrons.